The first kappa shape index (κ1) is 16.1. The molecule has 1 aliphatic heterocycles. The first-order chi connectivity index (χ1) is 11.2. The molecule has 1 fully saturated rings. The molecule has 2 heterocycles. The maximum Gasteiger partial charge on any atom is 0.229 e. The molecular weight excluding hydrogens is 295 g/mol. The van der Waals surface area contributed by atoms with Gasteiger partial charge in [-0.05, 0) is 44.9 Å². The third kappa shape index (κ3) is 3.62. The Kier molecular flexibility index (Phi) is 5.08. The van der Waals surface area contributed by atoms with Gasteiger partial charge >= 0.3 is 0 Å². The number of rotatable bonds is 5. The van der Waals surface area contributed by atoms with Crippen LogP contribution in [0, 0.1) is 12.7 Å². The van der Waals surface area contributed by atoms with Crippen LogP contribution in [0.25, 0.3) is 11.5 Å². The molecule has 1 unspecified atom stereocenters. The lowest BCUT2D eigenvalue weighted by Gasteiger charge is -2.35. The Balaban J connectivity index is 1.80. The second-order valence-corrected chi connectivity index (χ2v) is 6.13. The smallest absolute Gasteiger partial charge is 0.229 e. The summed E-state index contributed by atoms with van der Waals surface area (Å²) in [5.41, 5.74) is 1.25. The van der Waals surface area contributed by atoms with Gasteiger partial charge in [-0.25, -0.2) is 9.37 Å². The van der Waals surface area contributed by atoms with E-state index in [0.717, 1.165) is 30.8 Å². The highest BCUT2D eigenvalue weighted by atomic mass is 19.1. The summed E-state index contributed by atoms with van der Waals surface area (Å²) in [4.78, 5) is 6.88. The van der Waals surface area contributed by atoms with Crippen LogP contribution in [-0.4, -0.2) is 34.2 Å². The number of oxazole rings is 1. The topological polar surface area (TPSA) is 49.5 Å². The van der Waals surface area contributed by atoms with Crippen LogP contribution in [-0.2, 0) is 6.54 Å². The van der Waals surface area contributed by atoms with E-state index in [9.17, 15) is 9.50 Å². The fourth-order valence-corrected chi connectivity index (χ4v) is 3.26. The third-order valence-corrected chi connectivity index (χ3v) is 4.56. The number of benzene rings is 1. The molecule has 1 atom stereocenters. The Morgan fingerprint density at radius 2 is 2.17 bits per heavy atom. The van der Waals surface area contributed by atoms with E-state index in [1.807, 2.05) is 6.92 Å². The summed E-state index contributed by atoms with van der Waals surface area (Å²) in [5, 5.41) is 9.24. The highest BCUT2D eigenvalue weighted by molar-refractivity contribution is 5.54. The second kappa shape index (κ2) is 7.23. The van der Waals surface area contributed by atoms with Gasteiger partial charge in [-0.15, -0.1) is 0 Å². The van der Waals surface area contributed by atoms with Gasteiger partial charge in [0.25, 0.3) is 0 Å². The molecule has 2 aromatic rings. The van der Waals surface area contributed by atoms with Crippen molar-refractivity contribution < 1.29 is 13.9 Å². The highest BCUT2D eigenvalue weighted by Crippen LogP contribution is 2.27. The van der Waals surface area contributed by atoms with E-state index in [4.69, 9.17) is 4.42 Å². The first-order valence-electron chi connectivity index (χ1n) is 8.25. The molecule has 1 N–H and O–H groups in total. The zero-order chi connectivity index (χ0) is 16.2. The summed E-state index contributed by atoms with van der Waals surface area (Å²) >= 11 is 0. The van der Waals surface area contributed by atoms with Gasteiger partial charge in [0.05, 0.1) is 11.3 Å². The van der Waals surface area contributed by atoms with Crippen LogP contribution in [0.3, 0.4) is 0 Å². The molecule has 0 bridgehead atoms. The third-order valence-electron chi connectivity index (χ3n) is 4.56. The number of hydrogen-bond acceptors (Lipinski definition) is 4. The van der Waals surface area contributed by atoms with Crippen molar-refractivity contribution in [1.82, 2.24) is 9.88 Å². The Labute approximate surface area is 136 Å². The van der Waals surface area contributed by atoms with Crippen LogP contribution >= 0.6 is 0 Å². The molecule has 4 nitrogen and oxygen atoms in total. The number of hydrogen-bond donors (Lipinski definition) is 1. The number of aryl methyl sites for hydroxylation is 1. The molecule has 0 aliphatic carbocycles. The van der Waals surface area contributed by atoms with Crippen molar-refractivity contribution in [2.75, 3.05) is 13.2 Å². The van der Waals surface area contributed by atoms with Gasteiger partial charge in [-0.3, -0.25) is 4.90 Å². The Hall–Kier alpha value is -1.72. The molecule has 5 heteroatoms. The number of likely N-dealkylation sites (tertiary alicyclic amines) is 1. The van der Waals surface area contributed by atoms with Gasteiger partial charge in [0, 0.05) is 19.2 Å². The molecule has 0 amide bonds. The van der Waals surface area contributed by atoms with E-state index in [-0.39, 0.29) is 12.4 Å². The Bertz CT molecular complexity index is 654. The van der Waals surface area contributed by atoms with Crippen LogP contribution in [0.1, 0.15) is 37.1 Å². The molecule has 3 rings (SSSR count). The quantitative estimate of drug-likeness (QED) is 0.916. The minimum atomic E-state index is -0.323. The molecule has 1 aromatic carbocycles. The van der Waals surface area contributed by atoms with E-state index in [0.29, 0.717) is 24.0 Å². The molecule has 124 valence electrons. The van der Waals surface area contributed by atoms with Gasteiger partial charge < -0.3 is 9.52 Å². The molecule has 23 heavy (non-hydrogen) atoms. The lowest BCUT2D eigenvalue weighted by molar-refractivity contribution is 0.111. The molecular formula is C18H23FN2O2. The maximum atomic E-state index is 13.9. The van der Waals surface area contributed by atoms with Crippen LogP contribution in [0.4, 0.5) is 4.39 Å². The van der Waals surface area contributed by atoms with Crippen LogP contribution in [0.5, 0.6) is 0 Å². The van der Waals surface area contributed by atoms with Gasteiger partial charge in [0.2, 0.25) is 5.89 Å². The summed E-state index contributed by atoms with van der Waals surface area (Å²) in [5.74, 6) is 0.749. The SMILES string of the molecule is Cc1oc(-c2ccccc2F)nc1CN1CCCCC1CCO. The zero-order valence-electron chi connectivity index (χ0n) is 13.5. The summed E-state index contributed by atoms with van der Waals surface area (Å²) in [6.07, 6.45) is 4.27. The summed E-state index contributed by atoms with van der Waals surface area (Å²) in [6, 6.07) is 6.92. The fourth-order valence-electron chi connectivity index (χ4n) is 3.26. The standard InChI is InChI=1S/C18H23FN2O2/c1-13-17(12-21-10-5-4-6-14(21)9-11-22)20-18(23-13)15-7-2-3-8-16(15)19/h2-3,7-8,14,22H,4-6,9-12H2,1H3. The average molecular weight is 318 g/mol. The van der Waals surface area contributed by atoms with E-state index in [1.54, 1.807) is 18.2 Å². The average Bonchev–Trinajstić information content (AvgIpc) is 2.91. The largest absolute Gasteiger partial charge is 0.441 e. The van der Waals surface area contributed by atoms with Gasteiger partial charge in [0.1, 0.15) is 11.6 Å². The normalized spacial score (nSPS) is 19.2. The van der Waals surface area contributed by atoms with Crippen molar-refractivity contribution in [2.24, 2.45) is 0 Å². The molecule has 1 aromatic heterocycles. The summed E-state index contributed by atoms with van der Waals surface area (Å²) in [7, 11) is 0. The number of aliphatic hydroxyl groups is 1. The minimum Gasteiger partial charge on any atom is -0.441 e. The molecule has 1 aliphatic rings. The van der Waals surface area contributed by atoms with Crippen molar-refractivity contribution in [2.45, 2.75) is 45.2 Å². The maximum absolute atomic E-state index is 13.9. The van der Waals surface area contributed by atoms with E-state index in [2.05, 4.69) is 9.88 Å². The van der Waals surface area contributed by atoms with Crippen molar-refractivity contribution in [1.29, 1.82) is 0 Å². The number of aliphatic hydroxyl groups excluding tert-OH is 1. The fraction of sp³-hybridized carbons (Fsp3) is 0.500. The molecule has 0 saturated carbocycles. The number of nitrogens with zero attached hydrogens (tertiary/aromatic N) is 2. The van der Waals surface area contributed by atoms with Crippen LogP contribution in [0.15, 0.2) is 28.7 Å². The second-order valence-electron chi connectivity index (χ2n) is 6.13. The highest BCUT2D eigenvalue weighted by Gasteiger charge is 2.24. The first-order valence-corrected chi connectivity index (χ1v) is 8.25. The Morgan fingerprint density at radius 3 is 2.96 bits per heavy atom. The lowest BCUT2D eigenvalue weighted by atomic mass is 9.99. The predicted octanol–water partition coefficient (Wildman–Crippen LogP) is 3.53. The molecule has 0 radical (unpaired) electrons. The van der Waals surface area contributed by atoms with E-state index in [1.165, 1.54) is 18.9 Å². The summed E-state index contributed by atoms with van der Waals surface area (Å²) < 4.78 is 19.6. The molecule has 1 saturated heterocycles. The van der Waals surface area contributed by atoms with Crippen molar-refractivity contribution in [3.05, 3.63) is 41.5 Å². The monoisotopic (exact) mass is 318 g/mol. The van der Waals surface area contributed by atoms with Crippen molar-refractivity contribution in [3.63, 3.8) is 0 Å². The number of aromatic nitrogens is 1. The van der Waals surface area contributed by atoms with Gasteiger partial charge in [-0.1, -0.05) is 18.6 Å². The van der Waals surface area contributed by atoms with Crippen LogP contribution < -0.4 is 0 Å². The van der Waals surface area contributed by atoms with Crippen LogP contribution in [0.2, 0.25) is 0 Å². The zero-order valence-corrected chi connectivity index (χ0v) is 13.5. The lowest BCUT2D eigenvalue weighted by Crippen LogP contribution is -2.39. The van der Waals surface area contributed by atoms with Crippen molar-refractivity contribution >= 4 is 0 Å². The molecule has 0 spiro atoms. The van der Waals surface area contributed by atoms with Gasteiger partial charge in [0.15, 0.2) is 0 Å². The summed E-state index contributed by atoms with van der Waals surface area (Å²) in [6.45, 7) is 3.78. The van der Waals surface area contributed by atoms with Crippen molar-refractivity contribution in [3.8, 4) is 11.5 Å². The number of piperidine rings is 1. The van der Waals surface area contributed by atoms with E-state index < -0.39 is 0 Å². The number of halogens is 1. The van der Waals surface area contributed by atoms with E-state index >= 15 is 0 Å². The van der Waals surface area contributed by atoms with Gasteiger partial charge in [-0.2, -0.15) is 0 Å². The minimum absolute atomic E-state index is 0.208. The Morgan fingerprint density at radius 1 is 1.35 bits per heavy atom. The predicted molar refractivity (Wildman–Crippen MR) is 86.4 cm³/mol.